The summed E-state index contributed by atoms with van der Waals surface area (Å²) >= 11 is 0. The second-order valence-corrected chi connectivity index (χ2v) is 8.30. The predicted molar refractivity (Wildman–Crippen MR) is 143 cm³/mol. The molecular formula is C32H30O4. The van der Waals surface area contributed by atoms with Crippen LogP contribution in [0.5, 0.6) is 11.5 Å². The van der Waals surface area contributed by atoms with Crippen molar-refractivity contribution >= 4 is 12.0 Å². The Labute approximate surface area is 212 Å². The maximum absolute atomic E-state index is 12.8. The molecule has 0 spiro atoms. The Morgan fingerprint density at radius 3 is 1.83 bits per heavy atom. The van der Waals surface area contributed by atoms with Crippen molar-refractivity contribution in [3.63, 3.8) is 0 Å². The first-order valence-electron chi connectivity index (χ1n) is 12.1. The van der Waals surface area contributed by atoms with Crippen molar-refractivity contribution < 1.29 is 19.0 Å². The molecule has 0 radical (unpaired) electrons. The molecule has 0 bridgehead atoms. The van der Waals surface area contributed by atoms with E-state index in [-0.39, 0.29) is 5.97 Å². The van der Waals surface area contributed by atoms with Gasteiger partial charge >= 0.3 is 5.97 Å². The number of hydrogen-bond donors (Lipinski definition) is 0. The SMILES string of the molecule is CCOC(=O)/C(=C/c1ccc(OCc2ccccc2)cc1OCc1ccccc1)Cc1ccccc1. The Bertz CT molecular complexity index is 1270. The van der Waals surface area contributed by atoms with Crippen LogP contribution in [0.2, 0.25) is 0 Å². The van der Waals surface area contributed by atoms with E-state index in [0.29, 0.717) is 43.3 Å². The van der Waals surface area contributed by atoms with E-state index >= 15 is 0 Å². The summed E-state index contributed by atoms with van der Waals surface area (Å²) in [5, 5.41) is 0. The van der Waals surface area contributed by atoms with E-state index in [1.807, 2.05) is 122 Å². The van der Waals surface area contributed by atoms with Crippen LogP contribution in [0.1, 0.15) is 29.2 Å². The third kappa shape index (κ3) is 7.34. The zero-order valence-corrected chi connectivity index (χ0v) is 20.4. The summed E-state index contributed by atoms with van der Waals surface area (Å²) in [5.74, 6) is 0.999. The van der Waals surface area contributed by atoms with E-state index in [1.54, 1.807) is 0 Å². The first-order chi connectivity index (χ1) is 17.7. The van der Waals surface area contributed by atoms with Gasteiger partial charge in [-0.3, -0.25) is 0 Å². The zero-order chi connectivity index (χ0) is 25.0. The standard InChI is InChI=1S/C32H30O4/c1-2-34-32(33)29(20-25-12-6-3-7-13-25)21-28-18-19-30(35-23-26-14-8-4-9-15-26)22-31(28)36-24-27-16-10-5-11-17-27/h3-19,21-22H,2,20,23-24H2,1H3/b29-21+. The fraction of sp³-hybridized carbons (Fsp3) is 0.156. The molecule has 0 atom stereocenters. The Hall–Kier alpha value is -4.31. The van der Waals surface area contributed by atoms with E-state index in [4.69, 9.17) is 14.2 Å². The highest BCUT2D eigenvalue weighted by Gasteiger charge is 2.14. The van der Waals surface area contributed by atoms with E-state index in [0.717, 1.165) is 22.3 Å². The molecule has 0 heterocycles. The number of hydrogen-bond acceptors (Lipinski definition) is 4. The molecule has 0 saturated heterocycles. The number of carbonyl (C=O) groups is 1. The molecule has 0 amide bonds. The van der Waals surface area contributed by atoms with Gasteiger partial charge in [0.15, 0.2) is 0 Å². The molecule has 4 aromatic rings. The molecule has 0 aliphatic heterocycles. The van der Waals surface area contributed by atoms with Gasteiger partial charge < -0.3 is 14.2 Å². The maximum Gasteiger partial charge on any atom is 0.334 e. The summed E-state index contributed by atoms with van der Waals surface area (Å²) in [6, 6.07) is 35.6. The molecule has 0 N–H and O–H groups in total. The summed E-state index contributed by atoms with van der Waals surface area (Å²) in [4.78, 5) is 12.8. The molecule has 0 fully saturated rings. The quantitative estimate of drug-likeness (QED) is 0.171. The smallest absolute Gasteiger partial charge is 0.334 e. The van der Waals surface area contributed by atoms with Crippen molar-refractivity contribution in [3.05, 3.63) is 137 Å². The van der Waals surface area contributed by atoms with Gasteiger partial charge in [-0.15, -0.1) is 0 Å². The van der Waals surface area contributed by atoms with Crippen LogP contribution in [-0.4, -0.2) is 12.6 Å². The highest BCUT2D eigenvalue weighted by Crippen LogP contribution is 2.29. The third-order valence-corrected chi connectivity index (χ3v) is 5.58. The van der Waals surface area contributed by atoms with Crippen LogP contribution in [0.4, 0.5) is 0 Å². The summed E-state index contributed by atoms with van der Waals surface area (Å²) in [6.07, 6.45) is 2.32. The molecule has 0 aliphatic carbocycles. The van der Waals surface area contributed by atoms with Crippen molar-refractivity contribution in [2.75, 3.05) is 6.61 Å². The molecule has 0 saturated carbocycles. The van der Waals surface area contributed by atoms with Crippen LogP contribution < -0.4 is 9.47 Å². The highest BCUT2D eigenvalue weighted by molar-refractivity contribution is 5.94. The highest BCUT2D eigenvalue weighted by atomic mass is 16.5. The molecule has 0 unspecified atom stereocenters. The van der Waals surface area contributed by atoms with E-state index in [1.165, 1.54) is 0 Å². The van der Waals surface area contributed by atoms with Gasteiger partial charge in [-0.25, -0.2) is 4.79 Å². The maximum atomic E-state index is 12.8. The second-order valence-electron chi connectivity index (χ2n) is 8.30. The third-order valence-electron chi connectivity index (χ3n) is 5.58. The van der Waals surface area contributed by atoms with Crippen LogP contribution in [-0.2, 0) is 29.2 Å². The van der Waals surface area contributed by atoms with Gasteiger partial charge in [0.25, 0.3) is 0 Å². The van der Waals surface area contributed by atoms with Gasteiger partial charge in [-0.1, -0.05) is 91.0 Å². The molecule has 36 heavy (non-hydrogen) atoms. The van der Waals surface area contributed by atoms with Gasteiger partial charge in [0.1, 0.15) is 24.7 Å². The van der Waals surface area contributed by atoms with E-state index < -0.39 is 0 Å². The molecular weight excluding hydrogens is 448 g/mol. The fourth-order valence-corrected chi connectivity index (χ4v) is 3.73. The lowest BCUT2D eigenvalue weighted by Gasteiger charge is -2.14. The Morgan fingerprint density at radius 2 is 1.25 bits per heavy atom. The van der Waals surface area contributed by atoms with Crippen LogP contribution >= 0.6 is 0 Å². The molecule has 0 aromatic heterocycles. The summed E-state index contributed by atoms with van der Waals surface area (Å²) in [6.45, 7) is 2.98. The normalized spacial score (nSPS) is 11.1. The minimum atomic E-state index is -0.334. The number of esters is 1. The van der Waals surface area contributed by atoms with E-state index in [2.05, 4.69) is 0 Å². The van der Waals surface area contributed by atoms with Crippen LogP contribution in [0, 0.1) is 0 Å². The first-order valence-corrected chi connectivity index (χ1v) is 12.1. The molecule has 0 aliphatic rings. The molecule has 4 heteroatoms. The lowest BCUT2D eigenvalue weighted by molar-refractivity contribution is -0.138. The Kier molecular flexibility index (Phi) is 8.93. The minimum absolute atomic E-state index is 0.314. The topological polar surface area (TPSA) is 44.8 Å². The van der Waals surface area contributed by atoms with Gasteiger partial charge in [-0.05, 0) is 41.8 Å². The van der Waals surface area contributed by atoms with Crippen LogP contribution in [0.15, 0.2) is 115 Å². The number of ether oxygens (including phenoxy) is 3. The first kappa shape index (κ1) is 24.8. The average molecular weight is 479 g/mol. The van der Waals surface area contributed by atoms with Crippen molar-refractivity contribution in [2.45, 2.75) is 26.6 Å². The monoisotopic (exact) mass is 478 g/mol. The van der Waals surface area contributed by atoms with Crippen molar-refractivity contribution in [1.29, 1.82) is 0 Å². The average Bonchev–Trinajstić information content (AvgIpc) is 2.93. The summed E-state index contributed by atoms with van der Waals surface area (Å²) < 4.78 is 17.6. The largest absolute Gasteiger partial charge is 0.489 e. The molecule has 4 rings (SSSR count). The molecule has 182 valence electrons. The predicted octanol–water partition coefficient (Wildman–Crippen LogP) is 7.03. The van der Waals surface area contributed by atoms with Gasteiger partial charge in [-0.2, -0.15) is 0 Å². The summed E-state index contributed by atoms with van der Waals surface area (Å²) in [5.41, 5.74) is 4.52. The number of benzene rings is 4. The second kappa shape index (κ2) is 13.0. The Balaban J connectivity index is 1.63. The Morgan fingerprint density at radius 1 is 0.694 bits per heavy atom. The summed E-state index contributed by atoms with van der Waals surface area (Å²) in [7, 11) is 0. The minimum Gasteiger partial charge on any atom is -0.489 e. The molecule has 4 nitrogen and oxygen atoms in total. The zero-order valence-electron chi connectivity index (χ0n) is 20.4. The lowest BCUT2D eigenvalue weighted by atomic mass is 10.0. The molecule has 4 aromatic carbocycles. The van der Waals surface area contributed by atoms with E-state index in [9.17, 15) is 4.79 Å². The van der Waals surface area contributed by atoms with Crippen molar-refractivity contribution in [3.8, 4) is 11.5 Å². The van der Waals surface area contributed by atoms with Gasteiger partial charge in [0.2, 0.25) is 0 Å². The van der Waals surface area contributed by atoms with Crippen LogP contribution in [0.25, 0.3) is 6.08 Å². The van der Waals surface area contributed by atoms with Crippen molar-refractivity contribution in [2.24, 2.45) is 0 Å². The van der Waals surface area contributed by atoms with Gasteiger partial charge in [0.05, 0.1) is 6.61 Å². The van der Waals surface area contributed by atoms with Gasteiger partial charge in [0, 0.05) is 23.6 Å². The lowest BCUT2D eigenvalue weighted by Crippen LogP contribution is -2.10. The van der Waals surface area contributed by atoms with Crippen molar-refractivity contribution in [1.82, 2.24) is 0 Å². The van der Waals surface area contributed by atoms with Crippen LogP contribution in [0.3, 0.4) is 0 Å². The fourth-order valence-electron chi connectivity index (χ4n) is 3.73. The number of carbonyl (C=O) groups excluding carboxylic acids is 1. The number of rotatable bonds is 11.